The van der Waals surface area contributed by atoms with Crippen LogP contribution in [0.2, 0.25) is 0 Å². The fourth-order valence-corrected chi connectivity index (χ4v) is 1.75. The largest absolute Gasteiger partial charge is 0.378 e. The molecule has 2 rings (SSSR count). The Balaban J connectivity index is 1.69. The highest BCUT2D eigenvalue weighted by Gasteiger charge is 2.28. The maximum absolute atomic E-state index is 5.39. The molecule has 0 spiro atoms. The van der Waals surface area contributed by atoms with Crippen molar-refractivity contribution in [3.63, 3.8) is 0 Å². The van der Waals surface area contributed by atoms with Crippen molar-refractivity contribution in [1.82, 2.24) is 10.2 Å². The predicted molar refractivity (Wildman–Crippen MR) is 48.3 cm³/mol. The zero-order valence-electron chi connectivity index (χ0n) is 7.75. The molecule has 1 N–H and O–H groups in total. The summed E-state index contributed by atoms with van der Waals surface area (Å²) in [7, 11) is 2.22. The summed E-state index contributed by atoms with van der Waals surface area (Å²) in [6.07, 6.45) is 2.79. The molecule has 0 amide bonds. The van der Waals surface area contributed by atoms with Crippen LogP contribution in [-0.4, -0.2) is 50.3 Å². The topological polar surface area (TPSA) is 24.5 Å². The zero-order valence-corrected chi connectivity index (χ0v) is 7.75. The Hall–Kier alpha value is -0.120. The first-order valence-electron chi connectivity index (χ1n) is 4.87. The van der Waals surface area contributed by atoms with E-state index in [-0.39, 0.29) is 0 Å². The van der Waals surface area contributed by atoms with Crippen LogP contribution in [0.1, 0.15) is 12.8 Å². The summed E-state index contributed by atoms with van der Waals surface area (Å²) in [5.74, 6) is 0. The first-order valence-corrected chi connectivity index (χ1v) is 4.87. The first-order chi connectivity index (χ1) is 5.86. The highest BCUT2D eigenvalue weighted by atomic mass is 16.5. The molecular formula is C9H18N2O. The normalized spacial score (nSPS) is 31.0. The van der Waals surface area contributed by atoms with E-state index < -0.39 is 0 Å². The van der Waals surface area contributed by atoms with Crippen LogP contribution in [0.4, 0.5) is 0 Å². The highest BCUT2D eigenvalue weighted by Crippen LogP contribution is 2.25. The van der Waals surface area contributed by atoms with Crippen LogP contribution in [-0.2, 0) is 4.74 Å². The van der Waals surface area contributed by atoms with Crippen molar-refractivity contribution in [3.05, 3.63) is 0 Å². The number of nitrogens with one attached hydrogen (secondary N) is 1. The minimum Gasteiger partial charge on any atom is -0.378 e. The SMILES string of the molecule is CN(CC1COCCN1)C1CC1. The summed E-state index contributed by atoms with van der Waals surface area (Å²) in [5.41, 5.74) is 0. The van der Waals surface area contributed by atoms with Gasteiger partial charge in [0, 0.05) is 25.2 Å². The molecule has 1 saturated heterocycles. The molecule has 1 aliphatic heterocycles. The van der Waals surface area contributed by atoms with E-state index in [0.717, 1.165) is 32.3 Å². The second-order valence-corrected chi connectivity index (χ2v) is 3.90. The molecule has 2 fully saturated rings. The number of rotatable bonds is 3. The molecule has 0 aromatic heterocycles. The molecular weight excluding hydrogens is 152 g/mol. The molecule has 1 saturated carbocycles. The number of hydrogen-bond donors (Lipinski definition) is 1. The monoisotopic (exact) mass is 170 g/mol. The van der Waals surface area contributed by atoms with E-state index in [1.165, 1.54) is 12.8 Å². The van der Waals surface area contributed by atoms with Crippen molar-refractivity contribution in [1.29, 1.82) is 0 Å². The van der Waals surface area contributed by atoms with Crippen LogP contribution >= 0.6 is 0 Å². The zero-order chi connectivity index (χ0) is 8.39. The van der Waals surface area contributed by atoms with Gasteiger partial charge in [-0.25, -0.2) is 0 Å². The molecule has 1 aliphatic carbocycles. The molecule has 1 atom stereocenters. The highest BCUT2D eigenvalue weighted by molar-refractivity contribution is 4.85. The number of hydrogen-bond acceptors (Lipinski definition) is 3. The fraction of sp³-hybridized carbons (Fsp3) is 1.00. The van der Waals surface area contributed by atoms with E-state index >= 15 is 0 Å². The summed E-state index contributed by atoms with van der Waals surface area (Å²) >= 11 is 0. The van der Waals surface area contributed by atoms with E-state index in [9.17, 15) is 0 Å². The van der Waals surface area contributed by atoms with Crippen LogP contribution in [0.25, 0.3) is 0 Å². The lowest BCUT2D eigenvalue weighted by atomic mass is 10.2. The predicted octanol–water partition coefficient (Wildman–Crippen LogP) is 0.0690. The third-order valence-electron chi connectivity index (χ3n) is 2.68. The van der Waals surface area contributed by atoms with Gasteiger partial charge in [0.15, 0.2) is 0 Å². The summed E-state index contributed by atoms with van der Waals surface area (Å²) < 4.78 is 5.39. The molecule has 0 aromatic carbocycles. The maximum Gasteiger partial charge on any atom is 0.0632 e. The second kappa shape index (κ2) is 3.73. The van der Waals surface area contributed by atoms with Crippen LogP contribution in [0.5, 0.6) is 0 Å². The Labute approximate surface area is 74.1 Å². The van der Waals surface area contributed by atoms with Crippen LogP contribution in [0.15, 0.2) is 0 Å². The van der Waals surface area contributed by atoms with Gasteiger partial charge in [0.2, 0.25) is 0 Å². The van der Waals surface area contributed by atoms with Crippen molar-refractivity contribution in [2.75, 3.05) is 33.4 Å². The van der Waals surface area contributed by atoms with Crippen molar-refractivity contribution < 1.29 is 4.74 Å². The van der Waals surface area contributed by atoms with Gasteiger partial charge >= 0.3 is 0 Å². The molecule has 0 aromatic rings. The molecule has 1 unspecified atom stereocenters. The molecule has 12 heavy (non-hydrogen) atoms. The Kier molecular flexibility index (Phi) is 2.63. The van der Waals surface area contributed by atoms with Gasteiger partial charge < -0.3 is 15.0 Å². The van der Waals surface area contributed by atoms with Crippen molar-refractivity contribution in [2.24, 2.45) is 0 Å². The maximum atomic E-state index is 5.39. The number of nitrogens with zero attached hydrogens (tertiary/aromatic N) is 1. The summed E-state index contributed by atoms with van der Waals surface area (Å²) in [6.45, 7) is 3.93. The van der Waals surface area contributed by atoms with Crippen molar-refractivity contribution >= 4 is 0 Å². The molecule has 0 bridgehead atoms. The van der Waals surface area contributed by atoms with Gasteiger partial charge in [-0.3, -0.25) is 0 Å². The van der Waals surface area contributed by atoms with E-state index in [0.29, 0.717) is 6.04 Å². The number of ether oxygens (including phenoxy) is 1. The minimum absolute atomic E-state index is 0.560. The lowest BCUT2D eigenvalue weighted by Gasteiger charge is -2.28. The lowest BCUT2D eigenvalue weighted by molar-refractivity contribution is 0.0644. The Morgan fingerprint density at radius 1 is 1.50 bits per heavy atom. The smallest absolute Gasteiger partial charge is 0.0632 e. The third-order valence-corrected chi connectivity index (χ3v) is 2.68. The van der Waals surface area contributed by atoms with Crippen LogP contribution in [0, 0.1) is 0 Å². The molecule has 0 radical (unpaired) electrons. The van der Waals surface area contributed by atoms with Gasteiger partial charge in [0.25, 0.3) is 0 Å². The van der Waals surface area contributed by atoms with E-state index in [2.05, 4.69) is 17.3 Å². The Morgan fingerprint density at radius 2 is 2.33 bits per heavy atom. The van der Waals surface area contributed by atoms with Gasteiger partial charge in [-0.05, 0) is 19.9 Å². The van der Waals surface area contributed by atoms with E-state index in [1.54, 1.807) is 0 Å². The first kappa shape index (κ1) is 8.48. The average Bonchev–Trinajstić information content (AvgIpc) is 2.88. The van der Waals surface area contributed by atoms with Gasteiger partial charge in [-0.1, -0.05) is 0 Å². The third kappa shape index (κ3) is 2.19. The minimum atomic E-state index is 0.560. The quantitative estimate of drug-likeness (QED) is 0.648. The average molecular weight is 170 g/mol. The lowest BCUT2D eigenvalue weighted by Crippen LogP contribution is -2.48. The molecule has 2 aliphatic rings. The van der Waals surface area contributed by atoms with Gasteiger partial charge in [-0.2, -0.15) is 0 Å². The molecule has 3 heteroatoms. The molecule has 1 heterocycles. The molecule has 70 valence electrons. The Bertz CT molecular complexity index is 141. The van der Waals surface area contributed by atoms with Crippen LogP contribution < -0.4 is 5.32 Å². The van der Waals surface area contributed by atoms with E-state index in [4.69, 9.17) is 4.74 Å². The van der Waals surface area contributed by atoms with Crippen molar-refractivity contribution in [2.45, 2.75) is 24.9 Å². The second-order valence-electron chi connectivity index (χ2n) is 3.90. The van der Waals surface area contributed by atoms with Gasteiger partial charge in [0.05, 0.1) is 13.2 Å². The summed E-state index contributed by atoms with van der Waals surface area (Å²) in [4.78, 5) is 2.45. The summed E-state index contributed by atoms with van der Waals surface area (Å²) in [6, 6.07) is 1.43. The fourth-order valence-electron chi connectivity index (χ4n) is 1.75. The Morgan fingerprint density at radius 3 is 2.92 bits per heavy atom. The number of morpholine rings is 1. The standard InChI is InChI=1S/C9H18N2O/c1-11(9-2-3-9)6-8-7-12-5-4-10-8/h8-10H,2-7H2,1H3. The molecule has 3 nitrogen and oxygen atoms in total. The van der Waals surface area contributed by atoms with Crippen LogP contribution in [0.3, 0.4) is 0 Å². The van der Waals surface area contributed by atoms with E-state index in [1.807, 2.05) is 0 Å². The van der Waals surface area contributed by atoms with Gasteiger partial charge in [-0.15, -0.1) is 0 Å². The number of likely N-dealkylation sites (N-methyl/N-ethyl adjacent to an activating group) is 1. The van der Waals surface area contributed by atoms with Crippen molar-refractivity contribution in [3.8, 4) is 0 Å². The summed E-state index contributed by atoms with van der Waals surface area (Å²) in [5, 5.41) is 3.47. The van der Waals surface area contributed by atoms with Gasteiger partial charge in [0.1, 0.15) is 0 Å².